The van der Waals surface area contributed by atoms with Crippen molar-refractivity contribution in [2.75, 3.05) is 32.8 Å². The first-order chi connectivity index (χ1) is 14.1. The summed E-state index contributed by atoms with van der Waals surface area (Å²) in [6.07, 6.45) is 3.88. The summed E-state index contributed by atoms with van der Waals surface area (Å²) in [5, 5.41) is 6.63. The Balaban J connectivity index is 0.00000320. The van der Waals surface area contributed by atoms with E-state index >= 15 is 0 Å². The molecule has 1 aliphatic carbocycles. The summed E-state index contributed by atoms with van der Waals surface area (Å²) < 4.78 is 35.9. The SMILES string of the molecule is CCNC(=NCc1cccc(OCC)c1OC(F)F)NCC1CCN(C2CC2)C1.I. The number of rotatable bonds is 10. The minimum Gasteiger partial charge on any atom is -0.490 e. The maximum atomic E-state index is 12.9. The fraction of sp³-hybridized carbons (Fsp3) is 0.667. The highest BCUT2D eigenvalue weighted by atomic mass is 127. The normalized spacial score (nSPS) is 19.5. The molecule has 0 radical (unpaired) electrons. The highest BCUT2D eigenvalue weighted by Crippen LogP contribution is 2.33. The molecule has 0 aromatic heterocycles. The van der Waals surface area contributed by atoms with Crippen molar-refractivity contribution in [3.63, 3.8) is 0 Å². The molecule has 1 heterocycles. The first-order valence-corrected chi connectivity index (χ1v) is 10.6. The van der Waals surface area contributed by atoms with Gasteiger partial charge in [-0.2, -0.15) is 8.78 Å². The van der Waals surface area contributed by atoms with Crippen molar-refractivity contribution in [2.24, 2.45) is 10.9 Å². The predicted octanol–water partition coefficient (Wildman–Crippen LogP) is 3.84. The van der Waals surface area contributed by atoms with Crippen LogP contribution in [-0.2, 0) is 6.54 Å². The molecule has 0 bridgehead atoms. The summed E-state index contributed by atoms with van der Waals surface area (Å²) in [4.78, 5) is 7.17. The van der Waals surface area contributed by atoms with Crippen molar-refractivity contribution < 1.29 is 18.3 Å². The maximum absolute atomic E-state index is 12.9. The Morgan fingerprint density at radius 1 is 1.23 bits per heavy atom. The molecule has 2 aliphatic rings. The van der Waals surface area contributed by atoms with Crippen LogP contribution in [0.1, 0.15) is 38.7 Å². The summed E-state index contributed by atoms with van der Waals surface area (Å²) in [5.41, 5.74) is 0.564. The van der Waals surface area contributed by atoms with E-state index in [1.807, 2.05) is 6.92 Å². The van der Waals surface area contributed by atoms with Crippen LogP contribution in [0.3, 0.4) is 0 Å². The number of benzene rings is 1. The zero-order valence-electron chi connectivity index (χ0n) is 17.7. The predicted molar refractivity (Wildman–Crippen MR) is 125 cm³/mol. The molecule has 3 rings (SSSR count). The molecule has 1 saturated carbocycles. The number of hydrogen-bond acceptors (Lipinski definition) is 4. The molecule has 6 nitrogen and oxygen atoms in total. The summed E-state index contributed by atoms with van der Waals surface area (Å²) >= 11 is 0. The number of hydrogen-bond donors (Lipinski definition) is 2. The van der Waals surface area contributed by atoms with Crippen molar-refractivity contribution in [3.8, 4) is 11.5 Å². The highest BCUT2D eigenvalue weighted by molar-refractivity contribution is 14.0. The lowest BCUT2D eigenvalue weighted by Gasteiger charge is -2.17. The van der Waals surface area contributed by atoms with Crippen molar-refractivity contribution in [1.82, 2.24) is 15.5 Å². The summed E-state index contributed by atoms with van der Waals surface area (Å²) in [6.45, 7) is 5.39. The molecule has 1 aliphatic heterocycles. The molecule has 2 fully saturated rings. The number of halogens is 3. The van der Waals surface area contributed by atoms with Crippen LogP contribution in [0.4, 0.5) is 8.78 Å². The number of para-hydroxylation sites is 1. The van der Waals surface area contributed by atoms with Gasteiger partial charge in [-0.05, 0) is 51.6 Å². The third-order valence-electron chi connectivity index (χ3n) is 5.26. The van der Waals surface area contributed by atoms with Crippen LogP contribution in [0.2, 0.25) is 0 Å². The topological polar surface area (TPSA) is 58.1 Å². The van der Waals surface area contributed by atoms with Gasteiger partial charge >= 0.3 is 6.61 Å². The average Bonchev–Trinajstić information content (AvgIpc) is 3.44. The van der Waals surface area contributed by atoms with Crippen LogP contribution in [0.25, 0.3) is 0 Å². The van der Waals surface area contributed by atoms with E-state index in [0.29, 0.717) is 29.8 Å². The molecule has 1 aromatic rings. The van der Waals surface area contributed by atoms with Crippen LogP contribution < -0.4 is 20.1 Å². The Hall–Kier alpha value is -1.36. The second kappa shape index (κ2) is 12.5. The Kier molecular flexibility index (Phi) is 10.4. The van der Waals surface area contributed by atoms with Crippen LogP contribution in [0.5, 0.6) is 11.5 Å². The molecule has 1 atom stereocenters. The molecule has 1 aromatic carbocycles. The number of ether oxygens (including phenoxy) is 2. The fourth-order valence-electron chi connectivity index (χ4n) is 3.73. The number of alkyl halides is 2. The van der Waals surface area contributed by atoms with Crippen LogP contribution in [0, 0.1) is 5.92 Å². The summed E-state index contributed by atoms with van der Waals surface area (Å²) in [7, 11) is 0. The third kappa shape index (κ3) is 7.40. The standard InChI is InChI=1S/C21H32F2N4O2.HI/c1-3-24-21(25-12-15-10-11-27(14-15)17-8-9-17)26-13-16-6-5-7-18(28-4-2)19(16)29-20(22)23;/h5-7,15,17,20H,3-4,8-14H2,1-2H3,(H2,24,25,26);1H. The lowest BCUT2D eigenvalue weighted by atomic mass is 10.1. The van der Waals surface area contributed by atoms with Crippen molar-refractivity contribution in [3.05, 3.63) is 23.8 Å². The van der Waals surface area contributed by atoms with Gasteiger partial charge in [0.05, 0.1) is 13.2 Å². The smallest absolute Gasteiger partial charge is 0.387 e. The van der Waals surface area contributed by atoms with E-state index < -0.39 is 6.61 Å². The molecular formula is C21H33F2IN4O2. The molecule has 170 valence electrons. The monoisotopic (exact) mass is 538 g/mol. The molecule has 1 saturated heterocycles. The molecule has 1 unspecified atom stereocenters. The van der Waals surface area contributed by atoms with Crippen LogP contribution in [-0.4, -0.2) is 56.3 Å². The van der Waals surface area contributed by atoms with Gasteiger partial charge in [0.1, 0.15) is 0 Å². The van der Waals surface area contributed by atoms with Gasteiger partial charge in [0.15, 0.2) is 17.5 Å². The second-order valence-electron chi connectivity index (χ2n) is 7.51. The van der Waals surface area contributed by atoms with Gasteiger partial charge in [-0.3, -0.25) is 0 Å². The number of guanidine groups is 1. The van der Waals surface area contributed by atoms with Gasteiger partial charge in [0.25, 0.3) is 0 Å². The average molecular weight is 538 g/mol. The minimum atomic E-state index is -2.91. The number of nitrogens with one attached hydrogen (secondary N) is 2. The first kappa shape index (κ1) is 24.9. The van der Waals surface area contributed by atoms with Crippen molar-refractivity contribution >= 4 is 29.9 Å². The van der Waals surface area contributed by atoms with Gasteiger partial charge in [0.2, 0.25) is 0 Å². The van der Waals surface area contributed by atoms with Crippen LogP contribution in [0.15, 0.2) is 23.2 Å². The molecule has 2 N–H and O–H groups in total. The second-order valence-corrected chi connectivity index (χ2v) is 7.51. The molecule has 0 amide bonds. The van der Waals surface area contributed by atoms with E-state index in [1.54, 1.807) is 25.1 Å². The highest BCUT2D eigenvalue weighted by Gasteiger charge is 2.34. The quantitative estimate of drug-likeness (QED) is 0.270. The summed E-state index contributed by atoms with van der Waals surface area (Å²) in [6, 6.07) is 5.94. The Morgan fingerprint density at radius 3 is 2.70 bits per heavy atom. The van der Waals surface area contributed by atoms with Crippen molar-refractivity contribution in [1.29, 1.82) is 0 Å². The third-order valence-corrected chi connectivity index (χ3v) is 5.26. The number of aliphatic imine (C=N–C) groups is 1. The zero-order chi connectivity index (χ0) is 20.6. The lowest BCUT2D eigenvalue weighted by molar-refractivity contribution is -0.0520. The molecule has 9 heteroatoms. The van der Waals surface area contributed by atoms with Gasteiger partial charge in [0, 0.05) is 31.2 Å². The van der Waals surface area contributed by atoms with E-state index in [9.17, 15) is 8.78 Å². The zero-order valence-corrected chi connectivity index (χ0v) is 20.0. The van der Waals surface area contributed by atoms with Gasteiger partial charge in [-0.25, -0.2) is 4.99 Å². The fourth-order valence-corrected chi connectivity index (χ4v) is 3.73. The number of likely N-dealkylation sites (tertiary alicyclic amines) is 1. The van der Waals surface area contributed by atoms with E-state index in [1.165, 1.54) is 25.8 Å². The van der Waals surface area contributed by atoms with E-state index in [2.05, 4.69) is 20.5 Å². The van der Waals surface area contributed by atoms with Gasteiger partial charge in [-0.15, -0.1) is 24.0 Å². The van der Waals surface area contributed by atoms with E-state index in [4.69, 9.17) is 9.47 Å². The minimum absolute atomic E-state index is 0. The summed E-state index contributed by atoms with van der Waals surface area (Å²) in [5.74, 6) is 1.66. The molecule has 30 heavy (non-hydrogen) atoms. The van der Waals surface area contributed by atoms with Crippen LogP contribution >= 0.6 is 24.0 Å². The first-order valence-electron chi connectivity index (χ1n) is 10.6. The van der Waals surface area contributed by atoms with Gasteiger partial charge < -0.3 is 25.0 Å². The van der Waals surface area contributed by atoms with Crippen molar-refractivity contribution in [2.45, 2.75) is 52.3 Å². The Bertz CT molecular complexity index is 689. The van der Waals surface area contributed by atoms with E-state index in [0.717, 1.165) is 25.7 Å². The van der Waals surface area contributed by atoms with E-state index in [-0.39, 0.29) is 36.3 Å². The largest absolute Gasteiger partial charge is 0.490 e. The number of nitrogens with zero attached hydrogens (tertiary/aromatic N) is 2. The Morgan fingerprint density at radius 2 is 2.03 bits per heavy atom. The van der Waals surface area contributed by atoms with Gasteiger partial charge in [-0.1, -0.05) is 12.1 Å². The molecule has 0 spiro atoms. The lowest BCUT2D eigenvalue weighted by Crippen LogP contribution is -2.40. The maximum Gasteiger partial charge on any atom is 0.387 e. The Labute approximate surface area is 194 Å². The molecular weight excluding hydrogens is 505 g/mol.